The maximum absolute atomic E-state index is 14.9. The lowest BCUT2D eigenvalue weighted by Gasteiger charge is -2.21. The van der Waals surface area contributed by atoms with Crippen molar-refractivity contribution in [1.29, 1.82) is 0 Å². The van der Waals surface area contributed by atoms with Gasteiger partial charge in [0, 0.05) is 17.7 Å². The smallest absolute Gasteiger partial charge is 0.429 e. The highest BCUT2D eigenvalue weighted by atomic mass is 35.5. The molecular formula is C32H18ClF11O2. The maximum atomic E-state index is 14.9. The summed E-state index contributed by atoms with van der Waals surface area (Å²) in [5.41, 5.74) is -3.52. The first-order valence-electron chi connectivity index (χ1n) is 13.1. The third-order valence-electron chi connectivity index (χ3n) is 6.29. The Hall–Kier alpha value is -4.44. The molecule has 0 saturated carbocycles. The van der Waals surface area contributed by atoms with Crippen molar-refractivity contribution < 1.29 is 57.8 Å². The highest BCUT2D eigenvalue weighted by Gasteiger charge is 2.42. The summed E-state index contributed by atoms with van der Waals surface area (Å²) in [7, 11) is 0. The standard InChI is InChI=1S/C32H18ClF11O2/c1-2-3-4-16-5-7-18(22(34)9-16)8-6-17-10-23(35)28(24(36)11-17)19-12-25(37)29(26(38)13-19)31(40,41)45-20-14-21(33)30(27(39)15-20)46-32(42,43)44/h5,7,9-15H,2-4H2,1H3. The summed E-state index contributed by atoms with van der Waals surface area (Å²) in [6.45, 7) is 1.98. The summed E-state index contributed by atoms with van der Waals surface area (Å²) in [4.78, 5) is 0. The summed E-state index contributed by atoms with van der Waals surface area (Å²) in [6, 6.07) is 6.34. The highest BCUT2D eigenvalue weighted by Crippen LogP contribution is 2.41. The Balaban J connectivity index is 1.61. The van der Waals surface area contributed by atoms with Crippen molar-refractivity contribution in [1.82, 2.24) is 0 Å². The van der Waals surface area contributed by atoms with E-state index in [9.17, 15) is 48.3 Å². The van der Waals surface area contributed by atoms with Gasteiger partial charge in [-0.15, -0.1) is 13.2 Å². The van der Waals surface area contributed by atoms with Gasteiger partial charge in [-0.25, -0.2) is 26.3 Å². The molecule has 242 valence electrons. The van der Waals surface area contributed by atoms with E-state index in [1.807, 2.05) is 6.92 Å². The van der Waals surface area contributed by atoms with Crippen LogP contribution in [0.5, 0.6) is 11.5 Å². The van der Waals surface area contributed by atoms with E-state index in [0.29, 0.717) is 18.6 Å². The van der Waals surface area contributed by atoms with Crippen LogP contribution in [0, 0.1) is 46.7 Å². The average Bonchev–Trinajstić information content (AvgIpc) is 2.92. The number of ether oxygens (including phenoxy) is 2. The number of aryl methyl sites for hydroxylation is 1. The second-order valence-corrected chi connectivity index (χ2v) is 10.1. The van der Waals surface area contributed by atoms with Crippen LogP contribution in [0.2, 0.25) is 5.02 Å². The van der Waals surface area contributed by atoms with E-state index in [1.54, 1.807) is 6.07 Å². The first kappa shape index (κ1) is 34.4. The molecule has 2 nitrogen and oxygen atoms in total. The van der Waals surface area contributed by atoms with Crippen molar-refractivity contribution in [2.24, 2.45) is 0 Å². The highest BCUT2D eigenvalue weighted by molar-refractivity contribution is 6.32. The molecule has 0 aliphatic heterocycles. The largest absolute Gasteiger partial charge is 0.573 e. The molecule has 0 radical (unpaired) electrons. The molecule has 0 atom stereocenters. The number of unbranched alkanes of at least 4 members (excludes halogenated alkanes) is 1. The van der Waals surface area contributed by atoms with Gasteiger partial charge in [0.1, 0.15) is 40.4 Å². The monoisotopic (exact) mass is 678 g/mol. The van der Waals surface area contributed by atoms with E-state index < -0.39 is 80.6 Å². The van der Waals surface area contributed by atoms with Crippen LogP contribution < -0.4 is 9.47 Å². The number of benzene rings is 4. The van der Waals surface area contributed by atoms with Crippen LogP contribution in [0.25, 0.3) is 11.1 Å². The zero-order valence-electron chi connectivity index (χ0n) is 23.2. The summed E-state index contributed by atoms with van der Waals surface area (Å²) in [5.74, 6) is -7.40. The molecule has 0 unspecified atom stereocenters. The third-order valence-corrected chi connectivity index (χ3v) is 6.57. The van der Waals surface area contributed by atoms with Gasteiger partial charge in [-0.3, -0.25) is 0 Å². The summed E-state index contributed by atoms with van der Waals surface area (Å²) in [6.07, 6.45) is -7.92. The first-order valence-corrected chi connectivity index (χ1v) is 13.5. The van der Waals surface area contributed by atoms with Gasteiger partial charge in [-0.1, -0.05) is 42.9 Å². The summed E-state index contributed by atoms with van der Waals surface area (Å²) in [5, 5.41) is -1.16. The fourth-order valence-electron chi connectivity index (χ4n) is 4.26. The molecule has 0 aromatic heterocycles. The predicted molar refractivity (Wildman–Crippen MR) is 145 cm³/mol. The van der Waals surface area contributed by atoms with Gasteiger partial charge < -0.3 is 9.47 Å². The van der Waals surface area contributed by atoms with Crippen LogP contribution in [0.4, 0.5) is 48.3 Å². The molecule has 4 aromatic rings. The van der Waals surface area contributed by atoms with Gasteiger partial charge in [0.15, 0.2) is 11.6 Å². The Morgan fingerprint density at radius 2 is 1.33 bits per heavy atom. The number of alkyl halides is 5. The molecule has 4 aromatic carbocycles. The van der Waals surface area contributed by atoms with Crippen LogP contribution >= 0.6 is 11.6 Å². The zero-order valence-corrected chi connectivity index (χ0v) is 23.9. The van der Waals surface area contributed by atoms with Gasteiger partial charge in [0.2, 0.25) is 0 Å². The van der Waals surface area contributed by atoms with E-state index in [4.69, 9.17) is 11.6 Å². The quantitative estimate of drug-likeness (QED) is 0.136. The van der Waals surface area contributed by atoms with Gasteiger partial charge in [-0.2, -0.15) is 8.78 Å². The average molecular weight is 679 g/mol. The predicted octanol–water partition coefficient (Wildman–Crippen LogP) is 10.6. The van der Waals surface area contributed by atoms with Crippen molar-refractivity contribution in [2.75, 3.05) is 0 Å². The summed E-state index contributed by atoms with van der Waals surface area (Å²) < 4.78 is 162. The Kier molecular flexibility index (Phi) is 10.1. The van der Waals surface area contributed by atoms with Gasteiger partial charge in [0.05, 0.1) is 16.1 Å². The molecule has 0 aliphatic carbocycles. The number of hydrogen-bond donors (Lipinski definition) is 0. The normalized spacial score (nSPS) is 11.7. The van der Waals surface area contributed by atoms with Crippen LogP contribution in [-0.4, -0.2) is 6.36 Å². The molecule has 0 spiro atoms. The molecule has 46 heavy (non-hydrogen) atoms. The molecule has 0 bridgehead atoms. The topological polar surface area (TPSA) is 18.5 Å². The fourth-order valence-corrected chi connectivity index (χ4v) is 4.50. The minimum atomic E-state index is -5.39. The van der Waals surface area contributed by atoms with Crippen LogP contribution in [-0.2, 0) is 12.5 Å². The van der Waals surface area contributed by atoms with Crippen molar-refractivity contribution in [3.05, 3.63) is 117 Å². The maximum Gasteiger partial charge on any atom is 0.573 e. The SMILES string of the molecule is CCCCc1ccc(C#Cc2cc(F)c(-c3cc(F)c(C(F)(F)Oc4cc(F)c(OC(F)(F)F)c(Cl)c4)c(F)c3)c(F)c2)c(F)c1. The molecule has 14 heteroatoms. The Morgan fingerprint density at radius 3 is 1.87 bits per heavy atom. The van der Waals surface area contributed by atoms with Gasteiger partial charge in [-0.05, 0) is 60.4 Å². The third kappa shape index (κ3) is 8.04. The lowest BCUT2D eigenvalue weighted by molar-refractivity contribution is -0.275. The molecule has 4 rings (SSSR count). The lowest BCUT2D eigenvalue weighted by Crippen LogP contribution is -2.25. The van der Waals surface area contributed by atoms with Gasteiger partial charge in [0.25, 0.3) is 0 Å². The minimum Gasteiger partial charge on any atom is -0.429 e. The van der Waals surface area contributed by atoms with Crippen molar-refractivity contribution in [3.8, 4) is 34.5 Å². The van der Waals surface area contributed by atoms with Crippen LogP contribution in [0.15, 0.2) is 54.6 Å². The van der Waals surface area contributed by atoms with Gasteiger partial charge >= 0.3 is 12.5 Å². The van der Waals surface area contributed by atoms with E-state index in [1.165, 1.54) is 12.1 Å². The molecule has 0 fully saturated rings. The summed E-state index contributed by atoms with van der Waals surface area (Å²) >= 11 is 5.45. The minimum absolute atomic E-state index is 0.00272. The van der Waals surface area contributed by atoms with Crippen molar-refractivity contribution in [3.63, 3.8) is 0 Å². The fraction of sp³-hybridized carbons (Fsp3) is 0.188. The Morgan fingerprint density at radius 1 is 0.696 bits per heavy atom. The second kappa shape index (κ2) is 13.5. The lowest BCUT2D eigenvalue weighted by atomic mass is 9.99. The number of rotatable bonds is 8. The van der Waals surface area contributed by atoms with E-state index in [2.05, 4.69) is 21.3 Å². The van der Waals surface area contributed by atoms with E-state index in [0.717, 1.165) is 18.4 Å². The van der Waals surface area contributed by atoms with E-state index in [-0.39, 0.29) is 35.4 Å². The van der Waals surface area contributed by atoms with Crippen molar-refractivity contribution in [2.45, 2.75) is 38.7 Å². The first-order chi connectivity index (χ1) is 21.5. The number of hydrogen-bond acceptors (Lipinski definition) is 2. The zero-order chi connectivity index (χ0) is 34.0. The molecule has 0 N–H and O–H groups in total. The molecule has 0 aliphatic rings. The van der Waals surface area contributed by atoms with Crippen LogP contribution in [0.1, 0.15) is 42.0 Å². The second-order valence-electron chi connectivity index (χ2n) is 9.68. The molecular weight excluding hydrogens is 661 g/mol. The molecule has 0 amide bonds. The van der Waals surface area contributed by atoms with Crippen LogP contribution in [0.3, 0.4) is 0 Å². The number of halogens is 12. The molecule has 0 heterocycles. The molecule has 0 saturated heterocycles. The van der Waals surface area contributed by atoms with Crippen molar-refractivity contribution >= 4 is 11.6 Å². The van der Waals surface area contributed by atoms with E-state index >= 15 is 0 Å². The Bertz CT molecular complexity index is 1770. The Labute approximate surface area is 259 Å².